The number of rotatable bonds is 5. The van der Waals surface area contributed by atoms with Crippen LogP contribution in [-0.4, -0.2) is 31.4 Å². The van der Waals surface area contributed by atoms with Crippen LogP contribution in [-0.2, 0) is 0 Å². The second kappa shape index (κ2) is 7.64. The summed E-state index contributed by atoms with van der Waals surface area (Å²) in [5, 5.41) is 13.5. The van der Waals surface area contributed by atoms with Crippen molar-refractivity contribution in [3.05, 3.63) is 52.0 Å². The summed E-state index contributed by atoms with van der Waals surface area (Å²) in [5.41, 5.74) is 3.19. The molecular weight excluding hydrogens is 364 g/mol. The number of carbonyl (C=O) groups excluding carboxylic acids is 1. The Bertz CT molecular complexity index is 747. The van der Waals surface area contributed by atoms with Crippen LogP contribution in [0.5, 0.6) is 17.2 Å². The number of hydrogen-bond acceptors (Lipinski definition) is 5. The molecule has 0 atom stereocenters. The maximum atomic E-state index is 12.1. The molecule has 0 aromatic heterocycles. The van der Waals surface area contributed by atoms with Gasteiger partial charge in [-0.25, -0.2) is 5.43 Å². The van der Waals surface area contributed by atoms with Crippen molar-refractivity contribution in [2.24, 2.45) is 5.10 Å². The summed E-state index contributed by atoms with van der Waals surface area (Å²) in [6.45, 7) is 0. The number of phenols is 1. The molecule has 0 aliphatic heterocycles. The van der Waals surface area contributed by atoms with Crippen LogP contribution < -0.4 is 14.9 Å². The fraction of sp³-hybridized carbons (Fsp3) is 0.125. The number of methoxy groups -OCH3 is 2. The van der Waals surface area contributed by atoms with Gasteiger partial charge in [-0.3, -0.25) is 4.79 Å². The maximum absolute atomic E-state index is 12.1. The smallest absolute Gasteiger partial charge is 0.275 e. The van der Waals surface area contributed by atoms with Crippen molar-refractivity contribution in [1.82, 2.24) is 5.43 Å². The molecule has 6 nitrogen and oxygen atoms in total. The van der Waals surface area contributed by atoms with E-state index in [1.807, 2.05) is 0 Å². The van der Waals surface area contributed by atoms with Crippen LogP contribution >= 0.6 is 15.9 Å². The van der Waals surface area contributed by atoms with E-state index < -0.39 is 5.91 Å². The van der Waals surface area contributed by atoms with Gasteiger partial charge in [0.1, 0.15) is 17.2 Å². The zero-order valence-electron chi connectivity index (χ0n) is 12.5. The summed E-state index contributed by atoms with van der Waals surface area (Å²) in [6.07, 6.45) is 1.36. The Morgan fingerprint density at radius 3 is 2.70 bits per heavy atom. The lowest BCUT2D eigenvalue weighted by Crippen LogP contribution is -2.18. The lowest BCUT2D eigenvalue weighted by Gasteiger charge is -2.08. The fourth-order valence-corrected chi connectivity index (χ4v) is 2.21. The summed E-state index contributed by atoms with van der Waals surface area (Å²) >= 11 is 3.30. The molecule has 7 heteroatoms. The Balaban J connectivity index is 2.13. The van der Waals surface area contributed by atoms with Gasteiger partial charge in [0.05, 0.1) is 26.0 Å². The van der Waals surface area contributed by atoms with E-state index in [4.69, 9.17) is 9.47 Å². The molecule has 2 aromatic carbocycles. The van der Waals surface area contributed by atoms with Gasteiger partial charge in [-0.1, -0.05) is 15.9 Å². The van der Waals surface area contributed by atoms with Crippen molar-refractivity contribution < 1.29 is 19.4 Å². The zero-order valence-corrected chi connectivity index (χ0v) is 14.1. The lowest BCUT2D eigenvalue weighted by molar-refractivity contribution is 0.0952. The predicted octanol–water partition coefficient (Wildman–Crippen LogP) is 2.94. The van der Waals surface area contributed by atoms with Gasteiger partial charge < -0.3 is 14.6 Å². The number of nitrogens with zero attached hydrogens (tertiary/aromatic N) is 1. The first kappa shape index (κ1) is 16.8. The Morgan fingerprint density at radius 1 is 1.22 bits per heavy atom. The third-order valence-electron chi connectivity index (χ3n) is 3.01. The van der Waals surface area contributed by atoms with E-state index in [0.717, 1.165) is 4.47 Å². The molecule has 1 amide bonds. The third kappa shape index (κ3) is 4.23. The van der Waals surface area contributed by atoms with Crippen molar-refractivity contribution in [3.63, 3.8) is 0 Å². The highest BCUT2D eigenvalue weighted by Crippen LogP contribution is 2.24. The van der Waals surface area contributed by atoms with Crippen LogP contribution in [0, 0.1) is 0 Å². The highest BCUT2D eigenvalue weighted by Gasteiger charge is 2.12. The molecule has 0 aliphatic carbocycles. The monoisotopic (exact) mass is 378 g/mol. The standard InChI is InChI=1S/C16H15BrN2O4/c1-22-12-4-5-13(15(8-12)23-2)16(21)19-18-9-10-7-11(17)3-6-14(10)20/h3-9,20H,1-2H3,(H,19,21)/b18-9-. The predicted molar refractivity (Wildman–Crippen MR) is 90.4 cm³/mol. The number of amides is 1. The number of benzene rings is 2. The average molecular weight is 379 g/mol. The number of nitrogens with one attached hydrogen (secondary N) is 1. The molecule has 120 valence electrons. The molecule has 0 fully saturated rings. The molecule has 2 N–H and O–H groups in total. The number of ether oxygens (including phenoxy) is 2. The summed E-state index contributed by atoms with van der Waals surface area (Å²) < 4.78 is 11.0. The highest BCUT2D eigenvalue weighted by atomic mass is 79.9. The van der Waals surface area contributed by atoms with Gasteiger partial charge in [-0.15, -0.1) is 0 Å². The fourth-order valence-electron chi connectivity index (χ4n) is 1.84. The number of hydrogen-bond donors (Lipinski definition) is 2. The Labute approximate surface area is 141 Å². The molecular formula is C16H15BrN2O4. The molecule has 0 bridgehead atoms. The molecule has 0 aliphatic rings. The van der Waals surface area contributed by atoms with E-state index in [0.29, 0.717) is 22.6 Å². The topological polar surface area (TPSA) is 80.2 Å². The van der Waals surface area contributed by atoms with Gasteiger partial charge in [0.2, 0.25) is 0 Å². The number of halogens is 1. The van der Waals surface area contributed by atoms with Crippen LogP contribution in [0.4, 0.5) is 0 Å². The molecule has 0 heterocycles. The van der Waals surface area contributed by atoms with E-state index in [9.17, 15) is 9.90 Å². The van der Waals surface area contributed by atoms with Gasteiger partial charge >= 0.3 is 0 Å². The van der Waals surface area contributed by atoms with Gasteiger partial charge in [-0.05, 0) is 30.3 Å². The SMILES string of the molecule is COc1ccc(C(=O)N/N=C\c2cc(Br)ccc2O)c(OC)c1. The molecule has 2 aromatic rings. The minimum atomic E-state index is -0.435. The van der Waals surface area contributed by atoms with Crippen LogP contribution in [0.3, 0.4) is 0 Å². The molecule has 0 radical (unpaired) electrons. The van der Waals surface area contributed by atoms with Gasteiger partial charge in [0, 0.05) is 16.1 Å². The van der Waals surface area contributed by atoms with Gasteiger partial charge in [-0.2, -0.15) is 5.10 Å². The summed E-state index contributed by atoms with van der Waals surface area (Å²) in [6, 6.07) is 9.76. The molecule has 0 spiro atoms. The van der Waals surface area contributed by atoms with Crippen molar-refractivity contribution >= 4 is 28.1 Å². The normalized spacial score (nSPS) is 10.6. The van der Waals surface area contributed by atoms with Crippen molar-refractivity contribution in [2.75, 3.05) is 14.2 Å². The molecule has 0 unspecified atom stereocenters. The summed E-state index contributed by atoms with van der Waals surface area (Å²) in [5.74, 6) is 0.590. The van der Waals surface area contributed by atoms with Crippen LogP contribution in [0.25, 0.3) is 0 Å². The Kier molecular flexibility index (Phi) is 5.59. The average Bonchev–Trinajstić information content (AvgIpc) is 2.57. The van der Waals surface area contributed by atoms with Crippen molar-refractivity contribution in [2.45, 2.75) is 0 Å². The Hall–Kier alpha value is -2.54. The number of aromatic hydroxyl groups is 1. The molecule has 2 rings (SSSR count). The van der Waals surface area contributed by atoms with Gasteiger partial charge in [0.25, 0.3) is 5.91 Å². The molecule has 23 heavy (non-hydrogen) atoms. The first-order chi connectivity index (χ1) is 11.0. The number of hydrazone groups is 1. The van der Waals surface area contributed by atoms with E-state index >= 15 is 0 Å². The zero-order chi connectivity index (χ0) is 16.8. The third-order valence-corrected chi connectivity index (χ3v) is 3.51. The second-order valence-electron chi connectivity index (χ2n) is 4.47. The first-order valence-corrected chi connectivity index (χ1v) is 7.38. The minimum absolute atomic E-state index is 0.0632. The minimum Gasteiger partial charge on any atom is -0.507 e. The Morgan fingerprint density at radius 2 is 2.00 bits per heavy atom. The second-order valence-corrected chi connectivity index (χ2v) is 5.38. The number of carbonyl (C=O) groups is 1. The van der Waals surface area contributed by atoms with Crippen LogP contribution in [0.2, 0.25) is 0 Å². The molecule has 0 saturated carbocycles. The molecule has 0 saturated heterocycles. The van der Waals surface area contributed by atoms with E-state index in [-0.39, 0.29) is 5.75 Å². The van der Waals surface area contributed by atoms with E-state index in [1.165, 1.54) is 26.5 Å². The van der Waals surface area contributed by atoms with Crippen LogP contribution in [0.15, 0.2) is 46.0 Å². The maximum Gasteiger partial charge on any atom is 0.275 e. The van der Waals surface area contributed by atoms with Crippen molar-refractivity contribution in [1.29, 1.82) is 0 Å². The van der Waals surface area contributed by atoms with Gasteiger partial charge in [0.15, 0.2) is 0 Å². The largest absolute Gasteiger partial charge is 0.507 e. The van der Waals surface area contributed by atoms with E-state index in [1.54, 1.807) is 30.3 Å². The lowest BCUT2D eigenvalue weighted by atomic mass is 10.2. The quantitative estimate of drug-likeness (QED) is 0.619. The first-order valence-electron chi connectivity index (χ1n) is 6.59. The van der Waals surface area contributed by atoms with Crippen molar-refractivity contribution in [3.8, 4) is 17.2 Å². The summed E-state index contributed by atoms with van der Waals surface area (Å²) in [4.78, 5) is 12.1. The summed E-state index contributed by atoms with van der Waals surface area (Å²) in [7, 11) is 3.00. The number of phenolic OH excluding ortho intramolecular Hbond substituents is 1. The van der Waals surface area contributed by atoms with Crippen LogP contribution in [0.1, 0.15) is 15.9 Å². The highest BCUT2D eigenvalue weighted by molar-refractivity contribution is 9.10. The van der Waals surface area contributed by atoms with E-state index in [2.05, 4.69) is 26.5 Å².